The lowest BCUT2D eigenvalue weighted by Crippen LogP contribution is -2.47. The highest BCUT2D eigenvalue weighted by atomic mass is 16.7. The van der Waals surface area contributed by atoms with Crippen LogP contribution in [0.5, 0.6) is 17.2 Å². The van der Waals surface area contributed by atoms with Crippen molar-refractivity contribution in [3.8, 4) is 17.2 Å². The molecule has 0 saturated heterocycles. The first-order valence-corrected chi connectivity index (χ1v) is 8.79. The molecule has 6 nitrogen and oxygen atoms in total. The number of nitrogens with one attached hydrogen (secondary N) is 1. The van der Waals surface area contributed by atoms with Crippen molar-refractivity contribution in [2.24, 2.45) is 0 Å². The lowest BCUT2D eigenvalue weighted by Gasteiger charge is -2.41. The average molecular weight is 354 g/mol. The Labute approximate surface area is 152 Å². The van der Waals surface area contributed by atoms with Crippen molar-refractivity contribution in [2.75, 3.05) is 19.2 Å². The summed E-state index contributed by atoms with van der Waals surface area (Å²) >= 11 is 0. The number of carbonyl (C=O) groups excluding carboxylic acids is 1. The van der Waals surface area contributed by atoms with E-state index in [1.54, 1.807) is 7.11 Å². The van der Waals surface area contributed by atoms with Crippen molar-refractivity contribution in [3.63, 3.8) is 0 Å². The Bertz CT molecular complexity index is 852. The van der Waals surface area contributed by atoms with Gasteiger partial charge in [0.25, 0.3) is 5.91 Å². The molecule has 0 aliphatic carbocycles. The average Bonchev–Trinajstić information content (AvgIpc) is 3.15. The van der Waals surface area contributed by atoms with Gasteiger partial charge in [-0.25, -0.2) is 0 Å². The van der Waals surface area contributed by atoms with E-state index in [-0.39, 0.29) is 24.9 Å². The molecule has 2 heterocycles. The van der Waals surface area contributed by atoms with Crippen LogP contribution < -0.4 is 19.5 Å². The van der Waals surface area contributed by atoms with E-state index in [9.17, 15) is 4.79 Å². The van der Waals surface area contributed by atoms with Crippen molar-refractivity contribution >= 4 is 11.6 Å². The van der Waals surface area contributed by atoms with Gasteiger partial charge in [0.1, 0.15) is 6.17 Å². The molecule has 0 radical (unpaired) electrons. The number of anilines is 1. The molecule has 0 fully saturated rings. The maximum absolute atomic E-state index is 13.2. The molecule has 2 aromatic rings. The van der Waals surface area contributed by atoms with Crippen LogP contribution in [0.4, 0.5) is 5.69 Å². The standard InChI is InChI=1S/C20H22N2O4/c1-4-12(2)22-19(21-15-8-6-5-7-14(15)20(22)23)13-9-16(24-3)18-17(10-13)25-11-26-18/h5-10,12,19,21H,4,11H2,1-3H3/t12-,19-/m0/s1. The summed E-state index contributed by atoms with van der Waals surface area (Å²) in [5, 5.41) is 3.50. The van der Waals surface area contributed by atoms with E-state index in [1.165, 1.54) is 0 Å². The number of hydrogen-bond acceptors (Lipinski definition) is 5. The molecule has 0 spiro atoms. The fourth-order valence-electron chi connectivity index (χ4n) is 3.47. The van der Waals surface area contributed by atoms with Crippen LogP contribution in [0.1, 0.15) is 42.4 Å². The molecule has 1 N–H and O–H groups in total. The van der Waals surface area contributed by atoms with Gasteiger partial charge in [-0.2, -0.15) is 0 Å². The highest BCUT2D eigenvalue weighted by Gasteiger charge is 2.36. The fourth-order valence-corrected chi connectivity index (χ4v) is 3.47. The second-order valence-corrected chi connectivity index (χ2v) is 6.52. The molecule has 2 atom stereocenters. The lowest BCUT2D eigenvalue weighted by atomic mass is 10.00. The number of amides is 1. The molecule has 136 valence electrons. The van der Waals surface area contributed by atoms with Gasteiger partial charge in [-0.1, -0.05) is 19.1 Å². The maximum Gasteiger partial charge on any atom is 0.258 e. The first-order valence-electron chi connectivity index (χ1n) is 8.79. The van der Waals surface area contributed by atoms with Gasteiger partial charge in [0.2, 0.25) is 12.5 Å². The first kappa shape index (κ1) is 16.6. The number of methoxy groups -OCH3 is 1. The summed E-state index contributed by atoms with van der Waals surface area (Å²) in [6, 6.07) is 11.5. The molecular formula is C20H22N2O4. The highest BCUT2D eigenvalue weighted by molar-refractivity contribution is 6.01. The Balaban J connectivity index is 1.82. The number of carbonyl (C=O) groups is 1. The van der Waals surface area contributed by atoms with Gasteiger partial charge in [-0.3, -0.25) is 4.79 Å². The van der Waals surface area contributed by atoms with E-state index in [0.717, 1.165) is 17.7 Å². The summed E-state index contributed by atoms with van der Waals surface area (Å²) in [5.74, 6) is 1.87. The van der Waals surface area contributed by atoms with Crippen LogP contribution in [0.3, 0.4) is 0 Å². The Kier molecular flexibility index (Phi) is 4.11. The molecule has 2 aliphatic heterocycles. The van der Waals surface area contributed by atoms with Crippen LogP contribution in [0.25, 0.3) is 0 Å². The monoisotopic (exact) mass is 354 g/mol. The minimum absolute atomic E-state index is 0.0235. The quantitative estimate of drug-likeness (QED) is 0.905. The minimum Gasteiger partial charge on any atom is -0.493 e. The minimum atomic E-state index is -0.309. The van der Waals surface area contributed by atoms with Crippen LogP contribution >= 0.6 is 0 Å². The van der Waals surface area contributed by atoms with E-state index in [1.807, 2.05) is 41.3 Å². The summed E-state index contributed by atoms with van der Waals surface area (Å²) in [5.41, 5.74) is 2.42. The molecule has 2 aliphatic rings. The Morgan fingerprint density at radius 2 is 2.12 bits per heavy atom. The van der Waals surface area contributed by atoms with E-state index in [2.05, 4.69) is 19.2 Å². The van der Waals surface area contributed by atoms with Crippen molar-refractivity contribution in [1.82, 2.24) is 4.90 Å². The Morgan fingerprint density at radius 1 is 1.31 bits per heavy atom. The van der Waals surface area contributed by atoms with Gasteiger partial charge in [0, 0.05) is 17.3 Å². The second kappa shape index (κ2) is 6.44. The number of ether oxygens (including phenoxy) is 3. The summed E-state index contributed by atoms with van der Waals surface area (Å²) < 4.78 is 16.5. The van der Waals surface area contributed by atoms with Crippen molar-refractivity contribution in [1.29, 1.82) is 0 Å². The normalized spacial score (nSPS) is 19.0. The molecule has 0 aromatic heterocycles. The molecule has 0 bridgehead atoms. The number of nitrogens with zero attached hydrogens (tertiary/aromatic N) is 1. The highest BCUT2D eigenvalue weighted by Crippen LogP contribution is 2.45. The summed E-state index contributed by atoms with van der Waals surface area (Å²) in [4.78, 5) is 15.1. The number of para-hydroxylation sites is 1. The van der Waals surface area contributed by atoms with Gasteiger partial charge in [-0.05, 0) is 37.6 Å². The maximum atomic E-state index is 13.2. The molecule has 4 rings (SSSR count). The number of hydrogen-bond donors (Lipinski definition) is 1. The van der Waals surface area contributed by atoms with Gasteiger partial charge in [0.05, 0.1) is 12.7 Å². The third kappa shape index (κ3) is 2.53. The van der Waals surface area contributed by atoms with Crippen molar-refractivity contribution in [2.45, 2.75) is 32.5 Å². The van der Waals surface area contributed by atoms with E-state index in [0.29, 0.717) is 22.8 Å². The van der Waals surface area contributed by atoms with Crippen LogP contribution in [0.15, 0.2) is 36.4 Å². The molecule has 2 aromatic carbocycles. The van der Waals surface area contributed by atoms with Gasteiger partial charge in [0.15, 0.2) is 11.5 Å². The Hall–Kier alpha value is -2.89. The van der Waals surface area contributed by atoms with E-state index in [4.69, 9.17) is 14.2 Å². The number of rotatable bonds is 4. The van der Waals surface area contributed by atoms with Gasteiger partial charge >= 0.3 is 0 Å². The molecule has 26 heavy (non-hydrogen) atoms. The summed E-state index contributed by atoms with van der Waals surface area (Å²) in [7, 11) is 1.60. The third-order valence-electron chi connectivity index (χ3n) is 5.02. The topological polar surface area (TPSA) is 60.0 Å². The predicted molar refractivity (Wildman–Crippen MR) is 97.8 cm³/mol. The van der Waals surface area contributed by atoms with Crippen LogP contribution in [-0.4, -0.2) is 30.8 Å². The second-order valence-electron chi connectivity index (χ2n) is 6.52. The van der Waals surface area contributed by atoms with E-state index >= 15 is 0 Å². The van der Waals surface area contributed by atoms with Gasteiger partial charge in [-0.15, -0.1) is 0 Å². The Morgan fingerprint density at radius 3 is 2.88 bits per heavy atom. The zero-order chi connectivity index (χ0) is 18.3. The van der Waals surface area contributed by atoms with Crippen LogP contribution in [0.2, 0.25) is 0 Å². The number of benzene rings is 2. The van der Waals surface area contributed by atoms with Gasteiger partial charge < -0.3 is 24.4 Å². The third-order valence-corrected chi connectivity index (χ3v) is 5.02. The van der Waals surface area contributed by atoms with Crippen molar-refractivity contribution < 1.29 is 19.0 Å². The van der Waals surface area contributed by atoms with Crippen LogP contribution in [0, 0.1) is 0 Å². The smallest absolute Gasteiger partial charge is 0.258 e. The zero-order valence-corrected chi connectivity index (χ0v) is 15.1. The predicted octanol–water partition coefficient (Wildman–Crippen LogP) is 3.79. The molecule has 6 heteroatoms. The fraction of sp³-hybridized carbons (Fsp3) is 0.350. The first-order chi connectivity index (χ1) is 12.6. The molecule has 0 unspecified atom stereocenters. The van der Waals surface area contributed by atoms with E-state index < -0.39 is 0 Å². The zero-order valence-electron chi connectivity index (χ0n) is 15.1. The SMILES string of the molecule is CC[C@H](C)N1C(=O)c2ccccc2N[C@@H]1c1cc(OC)c2c(c1)OCO2. The van der Waals surface area contributed by atoms with Crippen LogP contribution in [-0.2, 0) is 0 Å². The lowest BCUT2D eigenvalue weighted by molar-refractivity contribution is 0.0593. The summed E-state index contributed by atoms with van der Waals surface area (Å²) in [6.07, 6.45) is 0.545. The molecule has 0 saturated carbocycles. The largest absolute Gasteiger partial charge is 0.493 e. The number of fused-ring (bicyclic) bond motifs is 2. The molecule has 1 amide bonds. The molecular weight excluding hydrogens is 332 g/mol. The van der Waals surface area contributed by atoms with Crippen molar-refractivity contribution in [3.05, 3.63) is 47.5 Å². The summed E-state index contributed by atoms with van der Waals surface area (Å²) in [6.45, 7) is 4.31.